The molecule has 10 heteroatoms. The van der Waals surface area contributed by atoms with Crippen molar-refractivity contribution < 1.29 is 27.5 Å². The van der Waals surface area contributed by atoms with Gasteiger partial charge in [0.1, 0.15) is 6.04 Å². The number of hydrogen-bond donors (Lipinski definition) is 3. The zero-order valence-electron chi connectivity index (χ0n) is 17.8. The largest absolute Gasteiger partial charge is 0.376 e. The summed E-state index contributed by atoms with van der Waals surface area (Å²) in [5, 5.41) is 5.28. The zero-order chi connectivity index (χ0) is 22.0. The van der Waals surface area contributed by atoms with Crippen molar-refractivity contribution in [1.29, 1.82) is 0 Å². The topological polar surface area (TPSA) is 131 Å². The van der Waals surface area contributed by atoms with Gasteiger partial charge in [-0.05, 0) is 25.7 Å². The summed E-state index contributed by atoms with van der Waals surface area (Å²) in [5.41, 5.74) is 0. The molecule has 1 saturated carbocycles. The van der Waals surface area contributed by atoms with Crippen LogP contribution in [-0.4, -0.2) is 57.7 Å². The molecule has 3 amide bonds. The Morgan fingerprint density at radius 1 is 1.03 bits per heavy atom. The van der Waals surface area contributed by atoms with E-state index in [-0.39, 0.29) is 24.8 Å². The van der Waals surface area contributed by atoms with E-state index < -0.39 is 34.0 Å². The molecule has 0 aliphatic heterocycles. The fraction of sp³-hybridized carbons (Fsp3) is 0.842. The maximum Gasteiger partial charge on any atom is 0.245 e. The average Bonchev–Trinajstić information content (AvgIpc) is 2.63. The Balaban J connectivity index is 2.60. The van der Waals surface area contributed by atoms with E-state index in [2.05, 4.69) is 10.6 Å². The van der Waals surface area contributed by atoms with E-state index >= 15 is 0 Å². The van der Waals surface area contributed by atoms with Gasteiger partial charge in [0, 0.05) is 25.5 Å². The minimum absolute atomic E-state index is 0.0520. The van der Waals surface area contributed by atoms with Gasteiger partial charge in [0.2, 0.25) is 27.7 Å². The fourth-order valence-electron chi connectivity index (χ4n) is 3.12. The van der Waals surface area contributed by atoms with Crippen molar-refractivity contribution in [3.8, 4) is 0 Å². The molecular weight excluding hydrogens is 398 g/mol. The van der Waals surface area contributed by atoms with Crippen molar-refractivity contribution >= 4 is 27.7 Å². The number of rotatable bonds is 11. The third kappa shape index (κ3) is 10.6. The number of sulfonamides is 1. The highest BCUT2D eigenvalue weighted by Gasteiger charge is 2.29. The van der Waals surface area contributed by atoms with E-state index in [0.29, 0.717) is 12.5 Å². The first kappa shape index (κ1) is 25.4. The van der Waals surface area contributed by atoms with Gasteiger partial charge in [-0.3, -0.25) is 19.1 Å². The predicted octanol–water partition coefficient (Wildman–Crippen LogP) is 0.695. The second kappa shape index (κ2) is 12.1. The predicted molar refractivity (Wildman–Crippen MR) is 109 cm³/mol. The molecule has 1 aliphatic carbocycles. The van der Waals surface area contributed by atoms with Gasteiger partial charge in [-0.2, -0.15) is 0 Å². The Hall–Kier alpha value is -1.68. The van der Waals surface area contributed by atoms with Crippen LogP contribution in [0.1, 0.15) is 59.3 Å². The second-order valence-corrected chi connectivity index (χ2v) is 9.77. The van der Waals surface area contributed by atoms with Crippen molar-refractivity contribution in [3.05, 3.63) is 0 Å². The molecule has 0 bridgehead atoms. The molecule has 3 N–H and O–H groups in total. The molecule has 0 aromatic carbocycles. The number of ether oxygens (including phenoxy) is 1. The van der Waals surface area contributed by atoms with Crippen molar-refractivity contribution in [1.82, 2.24) is 15.4 Å². The third-order valence-electron chi connectivity index (χ3n) is 4.84. The molecule has 168 valence electrons. The summed E-state index contributed by atoms with van der Waals surface area (Å²) in [6.45, 7) is 5.69. The summed E-state index contributed by atoms with van der Waals surface area (Å²) in [6, 6.07) is -0.897. The summed E-state index contributed by atoms with van der Waals surface area (Å²) < 4.78 is 29.8. The van der Waals surface area contributed by atoms with Gasteiger partial charge in [-0.1, -0.05) is 33.1 Å². The number of carbonyl (C=O) groups excluding carboxylic acids is 3. The van der Waals surface area contributed by atoms with E-state index in [1.54, 1.807) is 20.8 Å². The van der Waals surface area contributed by atoms with Crippen molar-refractivity contribution in [2.75, 3.05) is 19.4 Å². The van der Waals surface area contributed by atoms with Crippen molar-refractivity contribution in [3.63, 3.8) is 0 Å². The Bertz CT molecular complexity index is 659. The minimum atomic E-state index is -3.64. The number of carbonyl (C=O) groups is 3. The van der Waals surface area contributed by atoms with Crippen molar-refractivity contribution in [2.45, 2.75) is 71.4 Å². The lowest BCUT2D eigenvalue weighted by molar-refractivity contribution is -0.134. The monoisotopic (exact) mass is 433 g/mol. The van der Waals surface area contributed by atoms with E-state index in [1.165, 1.54) is 19.3 Å². The molecule has 1 fully saturated rings. The Kier molecular flexibility index (Phi) is 10.6. The van der Waals surface area contributed by atoms with Crippen LogP contribution >= 0.6 is 0 Å². The SMILES string of the molecule is CC(C)C(=O)NC(C(=O)NCCC(=O)NS(C)(=O)=O)C(C)OCC1CCCCC1. The quantitative estimate of drug-likeness (QED) is 0.439. The molecule has 2 atom stereocenters. The lowest BCUT2D eigenvalue weighted by atomic mass is 9.90. The van der Waals surface area contributed by atoms with E-state index in [0.717, 1.165) is 19.1 Å². The zero-order valence-corrected chi connectivity index (χ0v) is 18.6. The summed E-state index contributed by atoms with van der Waals surface area (Å²) >= 11 is 0. The molecule has 2 unspecified atom stereocenters. The second-order valence-electron chi connectivity index (χ2n) is 8.02. The smallest absolute Gasteiger partial charge is 0.245 e. The molecule has 1 rings (SSSR count). The maximum absolute atomic E-state index is 12.6. The summed E-state index contributed by atoms with van der Waals surface area (Å²) in [4.78, 5) is 36.3. The number of hydrogen-bond acceptors (Lipinski definition) is 6. The lowest BCUT2D eigenvalue weighted by Gasteiger charge is -2.28. The van der Waals surface area contributed by atoms with Crippen LogP contribution in [0.25, 0.3) is 0 Å². The maximum atomic E-state index is 12.6. The van der Waals surface area contributed by atoms with Gasteiger partial charge in [0.15, 0.2) is 0 Å². The number of amides is 3. The third-order valence-corrected chi connectivity index (χ3v) is 5.44. The Morgan fingerprint density at radius 3 is 2.21 bits per heavy atom. The van der Waals surface area contributed by atoms with E-state index in [9.17, 15) is 22.8 Å². The molecule has 0 saturated heterocycles. The van der Waals surface area contributed by atoms with Gasteiger partial charge in [-0.25, -0.2) is 8.42 Å². The summed E-state index contributed by atoms with van der Waals surface area (Å²) in [6.07, 6.45) is 5.98. The first-order chi connectivity index (χ1) is 13.5. The van der Waals surface area contributed by atoms with E-state index in [4.69, 9.17) is 4.74 Å². The van der Waals surface area contributed by atoms with Gasteiger partial charge in [0.05, 0.1) is 12.4 Å². The van der Waals surface area contributed by atoms with Gasteiger partial charge < -0.3 is 15.4 Å². The van der Waals surface area contributed by atoms with Crippen LogP contribution < -0.4 is 15.4 Å². The Labute approximate surface area is 173 Å². The highest BCUT2D eigenvalue weighted by Crippen LogP contribution is 2.24. The summed E-state index contributed by atoms with van der Waals surface area (Å²) in [7, 11) is -3.64. The van der Waals surface area contributed by atoms with Crippen LogP contribution in [0.2, 0.25) is 0 Å². The highest BCUT2D eigenvalue weighted by molar-refractivity contribution is 7.89. The molecule has 0 radical (unpaired) electrons. The highest BCUT2D eigenvalue weighted by atomic mass is 32.2. The Morgan fingerprint density at radius 2 is 1.66 bits per heavy atom. The molecule has 29 heavy (non-hydrogen) atoms. The molecule has 9 nitrogen and oxygen atoms in total. The molecule has 0 spiro atoms. The van der Waals surface area contributed by atoms with Gasteiger partial charge in [0.25, 0.3) is 0 Å². The van der Waals surface area contributed by atoms with E-state index in [1.807, 2.05) is 4.72 Å². The van der Waals surface area contributed by atoms with Gasteiger partial charge >= 0.3 is 0 Å². The molecule has 0 heterocycles. The molecular formula is C19H35N3O6S. The molecule has 0 aromatic heterocycles. The first-order valence-corrected chi connectivity index (χ1v) is 12.1. The van der Waals surface area contributed by atoms with Crippen LogP contribution in [0.5, 0.6) is 0 Å². The molecule has 0 aromatic rings. The van der Waals surface area contributed by atoms with Crippen LogP contribution in [0, 0.1) is 11.8 Å². The standard InChI is InChI=1S/C19H35N3O6S/c1-13(2)18(24)21-17(14(3)28-12-15-8-6-5-7-9-15)19(25)20-11-10-16(23)22-29(4,26)27/h13-15,17H,5-12H2,1-4H3,(H,20,25)(H,21,24)(H,22,23). The van der Waals surface area contributed by atoms with Crippen LogP contribution in [0.15, 0.2) is 0 Å². The fourth-order valence-corrected chi connectivity index (χ4v) is 3.64. The number of nitrogens with one attached hydrogen (secondary N) is 3. The van der Waals surface area contributed by atoms with Crippen LogP contribution in [-0.2, 0) is 29.1 Å². The summed E-state index contributed by atoms with van der Waals surface area (Å²) in [5.74, 6) is -1.28. The minimum Gasteiger partial charge on any atom is -0.376 e. The van der Waals surface area contributed by atoms with Crippen LogP contribution in [0.4, 0.5) is 0 Å². The normalized spacial score (nSPS) is 17.4. The molecule has 1 aliphatic rings. The van der Waals surface area contributed by atoms with Crippen molar-refractivity contribution in [2.24, 2.45) is 11.8 Å². The lowest BCUT2D eigenvalue weighted by Crippen LogP contribution is -2.54. The first-order valence-electron chi connectivity index (χ1n) is 10.2. The van der Waals surface area contributed by atoms with Gasteiger partial charge in [-0.15, -0.1) is 0 Å². The average molecular weight is 434 g/mol. The van der Waals surface area contributed by atoms with Crippen LogP contribution in [0.3, 0.4) is 0 Å².